The van der Waals surface area contributed by atoms with Crippen molar-refractivity contribution >= 4 is 5.91 Å². The molecular formula is C20H20N4O4. The van der Waals surface area contributed by atoms with Crippen molar-refractivity contribution in [1.29, 1.82) is 0 Å². The highest BCUT2D eigenvalue weighted by molar-refractivity contribution is 5.80. The van der Waals surface area contributed by atoms with E-state index in [0.29, 0.717) is 42.7 Å². The van der Waals surface area contributed by atoms with E-state index in [-0.39, 0.29) is 11.8 Å². The van der Waals surface area contributed by atoms with Gasteiger partial charge in [0, 0.05) is 31.0 Å². The van der Waals surface area contributed by atoms with Crippen molar-refractivity contribution < 1.29 is 18.8 Å². The first-order valence-corrected chi connectivity index (χ1v) is 8.90. The normalized spacial score (nSPS) is 13.9. The Morgan fingerprint density at radius 1 is 1.21 bits per heavy atom. The quantitative estimate of drug-likeness (QED) is 0.648. The van der Waals surface area contributed by atoms with Crippen molar-refractivity contribution in [3.8, 4) is 22.9 Å². The third-order valence-electron chi connectivity index (χ3n) is 4.75. The van der Waals surface area contributed by atoms with Crippen LogP contribution < -0.4 is 9.47 Å². The molecule has 144 valence electrons. The molecule has 0 bridgehead atoms. The number of methoxy groups -OCH3 is 2. The summed E-state index contributed by atoms with van der Waals surface area (Å²) in [6.07, 6.45) is 3.69. The fourth-order valence-electron chi connectivity index (χ4n) is 3.13. The van der Waals surface area contributed by atoms with Gasteiger partial charge in [-0.15, -0.1) is 0 Å². The van der Waals surface area contributed by atoms with Crippen LogP contribution in [0.3, 0.4) is 0 Å². The minimum absolute atomic E-state index is 0.0514. The number of likely N-dealkylation sites (tertiary alicyclic amines) is 1. The monoisotopic (exact) mass is 380 g/mol. The van der Waals surface area contributed by atoms with Gasteiger partial charge >= 0.3 is 0 Å². The van der Waals surface area contributed by atoms with Crippen LogP contribution in [0.5, 0.6) is 11.5 Å². The van der Waals surface area contributed by atoms with Crippen LogP contribution >= 0.6 is 0 Å². The lowest BCUT2D eigenvalue weighted by Gasteiger charge is -2.37. The number of carbonyl (C=O) groups excluding carboxylic acids is 1. The molecular weight excluding hydrogens is 360 g/mol. The van der Waals surface area contributed by atoms with Crippen molar-refractivity contribution in [3.05, 3.63) is 54.2 Å². The molecule has 1 fully saturated rings. The van der Waals surface area contributed by atoms with Crippen LogP contribution in [0.2, 0.25) is 0 Å². The smallest absolute Gasteiger partial charge is 0.233 e. The predicted octanol–water partition coefficient (Wildman–Crippen LogP) is 2.32. The molecule has 0 spiro atoms. The molecule has 1 amide bonds. The highest BCUT2D eigenvalue weighted by Crippen LogP contribution is 2.30. The van der Waals surface area contributed by atoms with Gasteiger partial charge in [0.05, 0.1) is 26.6 Å². The Morgan fingerprint density at radius 3 is 2.75 bits per heavy atom. The Morgan fingerprint density at radius 2 is 2.04 bits per heavy atom. The first-order chi connectivity index (χ1) is 13.7. The molecule has 4 rings (SSSR count). The minimum Gasteiger partial charge on any atom is -0.493 e. The van der Waals surface area contributed by atoms with E-state index in [1.165, 1.54) is 0 Å². The van der Waals surface area contributed by atoms with E-state index in [1.54, 1.807) is 37.6 Å². The van der Waals surface area contributed by atoms with Crippen LogP contribution in [-0.4, -0.2) is 53.2 Å². The Bertz CT molecular complexity index is 967. The van der Waals surface area contributed by atoms with Crippen LogP contribution in [0.25, 0.3) is 11.4 Å². The van der Waals surface area contributed by atoms with Crippen molar-refractivity contribution in [2.75, 3.05) is 27.3 Å². The van der Waals surface area contributed by atoms with Crippen molar-refractivity contribution in [2.24, 2.45) is 0 Å². The minimum atomic E-state index is 0.0514. The molecule has 28 heavy (non-hydrogen) atoms. The Balaban J connectivity index is 1.35. The third kappa shape index (κ3) is 3.53. The molecule has 0 radical (unpaired) electrons. The first kappa shape index (κ1) is 18.0. The number of rotatable bonds is 6. The standard InChI is InChI=1S/C20H20N4O4/c1-26-16-6-5-13(8-17(16)27-2)9-18(25)24-11-15(12-24)20-22-19(23-28-20)14-4-3-7-21-10-14/h3-8,10,15H,9,11-12H2,1-2H3. The Labute approximate surface area is 162 Å². The highest BCUT2D eigenvalue weighted by atomic mass is 16.5. The van der Waals surface area contributed by atoms with E-state index in [2.05, 4.69) is 15.1 Å². The van der Waals surface area contributed by atoms with E-state index in [0.717, 1.165) is 11.1 Å². The molecule has 0 N–H and O–H groups in total. The summed E-state index contributed by atoms with van der Waals surface area (Å²) in [5.74, 6) is 2.43. The van der Waals surface area contributed by atoms with E-state index < -0.39 is 0 Å². The number of carbonyl (C=O) groups is 1. The summed E-state index contributed by atoms with van der Waals surface area (Å²) in [5, 5.41) is 4.01. The van der Waals surface area contributed by atoms with Gasteiger partial charge in [-0.1, -0.05) is 11.2 Å². The number of amides is 1. The Kier molecular flexibility index (Phi) is 4.92. The molecule has 1 saturated heterocycles. The van der Waals surface area contributed by atoms with E-state index in [1.807, 2.05) is 24.3 Å². The SMILES string of the molecule is COc1ccc(CC(=O)N2CC(c3nc(-c4cccnc4)no3)C2)cc1OC. The second-order valence-corrected chi connectivity index (χ2v) is 6.56. The Hall–Kier alpha value is -3.42. The summed E-state index contributed by atoms with van der Waals surface area (Å²) in [6, 6.07) is 9.20. The van der Waals surface area contributed by atoms with Gasteiger partial charge in [-0.25, -0.2) is 0 Å². The molecule has 0 atom stereocenters. The third-order valence-corrected chi connectivity index (χ3v) is 4.75. The molecule has 1 aromatic carbocycles. The molecule has 8 nitrogen and oxygen atoms in total. The number of nitrogens with zero attached hydrogens (tertiary/aromatic N) is 4. The lowest BCUT2D eigenvalue weighted by atomic mass is 9.98. The lowest BCUT2D eigenvalue weighted by molar-refractivity contribution is -0.135. The summed E-state index contributed by atoms with van der Waals surface area (Å²) < 4.78 is 15.9. The molecule has 2 aromatic heterocycles. The molecule has 3 aromatic rings. The zero-order valence-corrected chi connectivity index (χ0v) is 15.7. The second-order valence-electron chi connectivity index (χ2n) is 6.56. The average molecular weight is 380 g/mol. The van der Waals surface area contributed by atoms with Crippen LogP contribution in [-0.2, 0) is 11.2 Å². The van der Waals surface area contributed by atoms with Gasteiger partial charge in [0.25, 0.3) is 0 Å². The number of pyridine rings is 1. The van der Waals surface area contributed by atoms with Gasteiger partial charge in [0.2, 0.25) is 17.6 Å². The zero-order chi connectivity index (χ0) is 19.5. The number of hydrogen-bond donors (Lipinski definition) is 0. The van der Waals surface area contributed by atoms with Gasteiger partial charge in [0.1, 0.15) is 0 Å². The van der Waals surface area contributed by atoms with Gasteiger partial charge in [-0.2, -0.15) is 4.98 Å². The molecule has 8 heteroatoms. The number of aromatic nitrogens is 3. The van der Waals surface area contributed by atoms with Crippen molar-refractivity contribution in [1.82, 2.24) is 20.0 Å². The number of hydrogen-bond acceptors (Lipinski definition) is 7. The fourth-order valence-corrected chi connectivity index (χ4v) is 3.13. The fraction of sp³-hybridized carbons (Fsp3) is 0.300. The van der Waals surface area contributed by atoms with Crippen LogP contribution in [0.15, 0.2) is 47.2 Å². The molecule has 1 aliphatic heterocycles. The van der Waals surface area contributed by atoms with Gasteiger partial charge in [-0.05, 0) is 29.8 Å². The van der Waals surface area contributed by atoms with Crippen LogP contribution in [0.4, 0.5) is 0 Å². The summed E-state index contributed by atoms with van der Waals surface area (Å²) >= 11 is 0. The van der Waals surface area contributed by atoms with Crippen molar-refractivity contribution in [2.45, 2.75) is 12.3 Å². The summed E-state index contributed by atoms with van der Waals surface area (Å²) in [6.45, 7) is 1.14. The molecule has 0 aliphatic carbocycles. The van der Waals surface area contributed by atoms with Crippen molar-refractivity contribution in [3.63, 3.8) is 0 Å². The second kappa shape index (κ2) is 7.67. The zero-order valence-electron chi connectivity index (χ0n) is 15.7. The molecule has 0 saturated carbocycles. The maximum atomic E-state index is 12.5. The van der Waals surface area contributed by atoms with Crippen LogP contribution in [0.1, 0.15) is 17.4 Å². The lowest BCUT2D eigenvalue weighted by Crippen LogP contribution is -2.49. The summed E-state index contributed by atoms with van der Waals surface area (Å²) in [5.41, 5.74) is 1.68. The number of ether oxygens (including phenoxy) is 2. The molecule has 1 aliphatic rings. The first-order valence-electron chi connectivity index (χ1n) is 8.90. The van der Waals surface area contributed by atoms with Crippen LogP contribution in [0, 0.1) is 0 Å². The van der Waals surface area contributed by atoms with Gasteiger partial charge in [-0.3, -0.25) is 9.78 Å². The average Bonchev–Trinajstić information content (AvgIpc) is 3.17. The highest BCUT2D eigenvalue weighted by Gasteiger charge is 2.35. The van der Waals surface area contributed by atoms with Gasteiger partial charge < -0.3 is 18.9 Å². The molecule has 0 unspecified atom stereocenters. The maximum absolute atomic E-state index is 12.5. The summed E-state index contributed by atoms with van der Waals surface area (Å²) in [4.78, 5) is 22.8. The van der Waals surface area contributed by atoms with E-state index in [9.17, 15) is 4.79 Å². The largest absolute Gasteiger partial charge is 0.493 e. The topological polar surface area (TPSA) is 90.6 Å². The summed E-state index contributed by atoms with van der Waals surface area (Å²) in [7, 11) is 3.16. The maximum Gasteiger partial charge on any atom is 0.233 e. The van der Waals surface area contributed by atoms with E-state index >= 15 is 0 Å². The molecule has 3 heterocycles. The van der Waals surface area contributed by atoms with E-state index in [4.69, 9.17) is 14.0 Å². The predicted molar refractivity (Wildman–Crippen MR) is 100 cm³/mol. The van der Waals surface area contributed by atoms with Gasteiger partial charge in [0.15, 0.2) is 11.5 Å². The number of benzene rings is 1.